The minimum atomic E-state index is -3.41. The molecule has 2 aliphatic heterocycles. The lowest BCUT2D eigenvalue weighted by molar-refractivity contribution is 0.102. The summed E-state index contributed by atoms with van der Waals surface area (Å²) in [6, 6.07) is 19.6. The number of aliphatic imine (C=N–C) groups is 1. The Morgan fingerprint density at radius 3 is 2.61 bits per heavy atom. The number of carbonyl (C=O) groups is 1. The SMILES string of the molecule is O=C(Nc1ccc(Cl)c(C2=Nc3ccccc3C2)c1)c1ccc(N2COCCS2(=O)=O)cc1. The number of carbonyl (C=O) groups excluding carboxylic acids is 1. The molecular weight excluding hydrogens is 462 g/mol. The van der Waals surface area contributed by atoms with Crippen molar-refractivity contribution in [3.8, 4) is 0 Å². The van der Waals surface area contributed by atoms with E-state index in [2.05, 4.69) is 10.3 Å². The summed E-state index contributed by atoms with van der Waals surface area (Å²) in [5.74, 6) is -0.381. The molecule has 1 fully saturated rings. The predicted octanol–water partition coefficient (Wildman–Crippen LogP) is 4.39. The summed E-state index contributed by atoms with van der Waals surface area (Å²) in [6.07, 6.45) is 0.678. The third-order valence-corrected chi connectivity index (χ3v) is 7.59. The molecule has 9 heteroatoms. The number of ether oxygens (including phenoxy) is 1. The first-order valence-corrected chi connectivity index (χ1v) is 12.3. The van der Waals surface area contributed by atoms with Crippen molar-refractivity contribution in [1.82, 2.24) is 0 Å². The topological polar surface area (TPSA) is 88.1 Å². The van der Waals surface area contributed by atoms with E-state index in [1.807, 2.05) is 30.3 Å². The van der Waals surface area contributed by atoms with Gasteiger partial charge in [-0.25, -0.2) is 12.7 Å². The number of halogens is 1. The van der Waals surface area contributed by atoms with Crippen LogP contribution in [0.4, 0.5) is 17.1 Å². The van der Waals surface area contributed by atoms with Crippen LogP contribution in [0.5, 0.6) is 0 Å². The summed E-state index contributed by atoms with van der Waals surface area (Å²) in [5.41, 5.74) is 5.14. The quantitative estimate of drug-likeness (QED) is 0.598. The molecule has 0 bridgehead atoms. The van der Waals surface area contributed by atoms with Crippen molar-refractivity contribution < 1.29 is 17.9 Å². The van der Waals surface area contributed by atoms with Crippen molar-refractivity contribution >= 4 is 50.3 Å². The number of nitrogens with zero attached hydrogens (tertiary/aromatic N) is 2. The van der Waals surface area contributed by atoms with Gasteiger partial charge in [-0.2, -0.15) is 0 Å². The molecule has 168 valence electrons. The number of sulfonamides is 1. The Morgan fingerprint density at radius 2 is 1.85 bits per heavy atom. The van der Waals surface area contributed by atoms with Crippen LogP contribution in [0.2, 0.25) is 5.02 Å². The van der Waals surface area contributed by atoms with Gasteiger partial charge in [-0.05, 0) is 54.1 Å². The lowest BCUT2D eigenvalue weighted by atomic mass is 10.0. The van der Waals surface area contributed by atoms with E-state index >= 15 is 0 Å². The normalized spacial score (nSPS) is 16.8. The zero-order chi connectivity index (χ0) is 23.0. The summed E-state index contributed by atoms with van der Waals surface area (Å²) in [4.78, 5) is 17.5. The molecule has 5 rings (SSSR count). The fourth-order valence-corrected chi connectivity index (χ4v) is 5.29. The number of hydrogen-bond donors (Lipinski definition) is 1. The van der Waals surface area contributed by atoms with Crippen LogP contribution < -0.4 is 9.62 Å². The first kappa shape index (κ1) is 21.6. The average molecular weight is 482 g/mol. The van der Waals surface area contributed by atoms with Crippen molar-refractivity contribution in [2.75, 3.05) is 28.7 Å². The highest BCUT2D eigenvalue weighted by Crippen LogP contribution is 2.32. The number of benzene rings is 3. The molecule has 0 aliphatic carbocycles. The van der Waals surface area contributed by atoms with Gasteiger partial charge in [-0.15, -0.1) is 0 Å². The number of nitrogens with one attached hydrogen (secondary N) is 1. The van der Waals surface area contributed by atoms with Crippen molar-refractivity contribution in [3.63, 3.8) is 0 Å². The zero-order valence-corrected chi connectivity index (χ0v) is 19.1. The van der Waals surface area contributed by atoms with E-state index in [1.54, 1.807) is 36.4 Å². The van der Waals surface area contributed by atoms with Crippen LogP contribution in [0.15, 0.2) is 71.7 Å². The Hall–Kier alpha value is -3.20. The monoisotopic (exact) mass is 481 g/mol. The van der Waals surface area contributed by atoms with Gasteiger partial charge in [0.2, 0.25) is 10.0 Å². The molecule has 1 N–H and O–H groups in total. The number of hydrogen-bond acceptors (Lipinski definition) is 5. The van der Waals surface area contributed by atoms with Gasteiger partial charge >= 0.3 is 0 Å². The van der Waals surface area contributed by atoms with Crippen LogP contribution in [0, 0.1) is 0 Å². The Bertz CT molecular complexity index is 1370. The van der Waals surface area contributed by atoms with E-state index < -0.39 is 10.0 Å². The second-order valence-corrected chi connectivity index (χ2v) is 10.2. The van der Waals surface area contributed by atoms with Crippen molar-refractivity contribution in [2.24, 2.45) is 4.99 Å². The summed E-state index contributed by atoms with van der Waals surface area (Å²) in [5, 5.41) is 3.44. The van der Waals surface area contributed by atoms with E-state index in [4.69, 9.17) is 16.3 Å². The lowest BCUT2D eigenvalue weighted by Gasteiger charge is -2.28. The molecule has 1 saturated heterocycles. The number of para-hydroxylation sites is 1. The minimum Gasteiger partial charge on any atom is -0.359 e. The summed E-state index contributed by atoms with van der Waals surface area (Å²) >= 11 is 6.43. The molecule has 0 unspecified atom stereocenters. The maximum atomic E-state index is 12.8. The molecule has 0 spiro atoms. The molecule has 0 aromatic heterocycles. The molecular formula is C24H20ClN3O4S. The van der Waals surface area contributed by atoms with Crippen LogP contribution in [0.25, 0.3) is 0 Å². The van der Waals surface area contributed by atoms with Crippen LogP contribution in [0.1, 0.15) is 21.5 Å². The fraction of sp³-hybridized carbons (Fsp3) is 0.167. The predicted molar refractivity (Wildman–Crippen MR) is 129 cm³/mol. The smallest absolute Gasteiger partial charge is 0.255 e. The van der Waals surface area contributed by atoms with Crippen LogP contribution in [0.3, 0.4) is 0 Å². The number of fused-ring (bicyclic) bond motifs is 1. The van der Waals surface area contributed by atoms with Gasteiger partial charge in [0, 0.05) is 28.3 Å². The van der Waals surface area contributed by atoms with Crippen LogP contribution in [-0.2, 0) is 21.2 Å². The van der Waals surface area contributed by atoms with E-state index in [0.717, 1.165) is 22.5 Å². The van der Waals surface area contributed by atoms with Crippen molar-refractivity contribution in [1.29, 1.82) is 0 Å². The summed E-state index contributed by atoms with van der Waals surface area (Å²) < 4.78 is 30.9. The molecule has 1 amide bonds. The highest BCUT2D eigenvalue weighted by molar-refractivity contribution is 7.92. The maximum Gasteiger partial charge on any atom is 0.255 e. The van der Waals surface area contributed by atoms with Crippen molar-refractivity contribution in [2.45, 2.75) is 6.42 Å². The fourth-order valence-electron chi connectivity index (χ4n) is 3.83. The molecule has 33 heavy (non-hydrogen) atoms. The van der Waals surface area contributed by atoms with Crippen molar-refractivity contribution in [3.05, 3.63) is 88.4 Å². The van der Waals surface area contributed by atoms with Crippen LogP contribution >= 0.6 is 11.6 Å². The van der Waals surface area contributed by atoms with Gasteiger partial charge in [-0.3, -0.25) is 9.79 Å². The first-order chi connectivity index (χ1) is 15.9. The molecule has 0 atom stereocenters. The molecule has 3 aromatic rings. The lowest BCUT2D eigenvalue weighted by Crippen LogP contribution is -2.41. The zero-order valence-electron chi connectivity index (χ0n) is 17.5. The van der Waals surface area contributed by atoms with Gasteiger partial charge in [0.25, 0.3) is 5.91 Å². The third kappa shape index (κ3) is 4.37. The second-order valence-electron chi connectivity index (χ2n) is 7.76. The molecule has 2 heterocycles. The Kier molecular flexibility index (Phi) is 5.65. The van der Waals surface area contributed by atoms with E-state index in [9.17, 15) is 13.2 Å². The number of anilines is 2. The van der Waals surface area contributed by atoms with E-state index in [1.165, 1.54) is 4.31 Å². The van der Waals surface area contributed by atoms with Gasteiger partial charge in [0.1, 0.15) is 6.73 Å². The minimum absolute atomic E-state index is 0.0326. The summed E-state index contributed by atoms with van der Waals surface area (Å²) in [6.45, 7) is 0.149. The Balaban J connectivity index is 1.33. The third-order valence-electron chi connectivity index (χ3n) is 5.59. The van der Waals surface area contributed by atoms with E-state index in [-0.39, 0.29) is 25.0 Å². The van der Waals surface area contributed by atoms with Crippen LogP contribution in [-0.4, -0.2) is 39.1 Å². The Morgan fingerprint density at radius 1 is 1.06 bits per heavy atom. The highest BCUT2D eigenvalue weighted by Gasteiger charge is 2.26. The standard InChI is InChI=1S/C24H20ClN3O4S/c25-21-10-7-18(14-20(21)23-13-17-3-1-2-4-22(17)27-23)26-24(29)16-5-8-19(9-6-16)28-15-32-11-12-33(28,30)31/h1-10,14H,11-13,15H2,(H,26,29). The Labute approximate surface area is 196 Å². The largest absolute Gasteiger partial charge is 0.359 e. The maximum absolute atomic E-state index is 12.8. The highest BCUT2D eigenvalue weighted by atomic mass is 35.5. The molecule has 0 radical (unpaired) electrons. The number of amides is 1. The second kappa shape index (κ2) is 8.62. The van der Waals surface area contributed by atoms with Gasteiger partial charge < -0.3 is 10.1 Å². The molecule has 7 nitrogen and oxygen atoms in total. The van der Waals surface area contributed by atoms with Gasteiger partial charge in [0.15, 0.2) is 0 Å². The van der Waals surface area contributed by atoms with E-state index in [0.29, 0.717) is 28.4 Å². The average Bonchev–Trinajstić information content (AvgIpc) is 3.24. The molecule has 2 aliphatic rings. The number of rotatable bonds is 4. The van der Waals surface area contributed by atoms with Gasteiger partial charge in [-0.1, -0.05) is 29.8 Å². The molecule has 3 aromatic carbocycles. The summed E-state index contributed by atoms with van der Waals surface area (Å²) in [7, 11) is -3.41. The molecule has 0 saturated carbocycles. The first-order valence-electron chi connectivity index (χ1n) is 10.4. The van der Waals surface area contributed by atoms with Gasteiger partial charge in [0.05, 0.1) is 29.4 Å².